The quantitative estimate of drug-likeness (QED) is 0.0422. The van der Waals surface area contributed by atoms with Crippen LogP contribution in [0, 0.1) is 0 Å². The molecular formula is C48H81N3O38S. The lowest BCUT2D eigenvalue weighted by atomic mass is 9.94. The highest BCUT2D eigenvalue weighted by Crippen LogP contribution is 2.37. The third-order valence-corrected chi connectivity index (χ3v) is 16.3. The Morgan fingerprint density at radius 3 is 1.30 bits per heavy atom. The van der Waals surface area contributed by atoms with Crippen molar-refractivity contribution < 1.29 is 185 Å². The van der Waals surface area contributed by atoms with Crippen LogP contribution in [-0.4, -0.2) is 377 Å². The Morgan fingerprint density at radius 1 is 0.367 bits per heavy atom. The van der Waals surface area contributed by atoms with Crippen molar-refractivity contribution in [3.8, 4) is 0 Å². The predicted molar refractivity (Wildman–Crippen MR) is 276 cm³/mol. The molecule has 0 aromatic rings. The average molecular weight is 1340 g/mol. The van der Waals surface area contributed by atoms with Crippen molar-refractivity contribution in [2.24, 2.45) is 0 Å². The van der Waals surface area contributed by atoms with Crippen LogP contribution in [0.5, 0.6) is 0 Å². The molecule has 7 rings (SSSR count). The molecule has 7 fully saturated rings. The zero-order chi connectivity index (χ0) is 66.7. The maximum absolute atomic E-state index is 12.8. The van der Waals surface area contributed by atoms with Gasteiger partial charge >= 0.3 is 10.4 Å². The second-order valence-corrected chi connectivity index (χ2v) is 23.4. The minimum atomic E-state index is -5.13. The molecule has 41 nitrogen and oxygen atoms in total. The summed E-state index contributed by atoms with van der Waals surface area (Å²) in [6.45, 7) is -2.02. The van der Waals surface area contributed by atoms with Crippen molar-refractivity contribution in [2.45, 2.75) is 242 Å². The molecule has 0 aromatic heterocycles. The molecule has 0 bridgehead atoms. The molecule has 22 N–H and O–H groups in total. The zero-order valence-corrected chi connectivity index (χ0v) is 48.9. The van der Waals surface area contributed by atoms with E-state index in [4.69, 9.17) is 66.1 Å². The Morgan fingerprint density at radius 2 is 0.756 bits per heavy atom. The summed E-state index contributed by atoms with van der Waals surface area (Å²) < 4.78 is 111. The highest BCUT2D eigenvalue weighted by molar-refractivity contribution is 7.80. The van der Waals surface area contributed by atoms with Gasteiger partial charge in [0.2, 0.25) is 17.7 Å². The van der Waals surface area contributed by atoms with Crippen LogP contribution in [0.15, 0.2) is 0 Å². The normalized spacial score (nSPS) is 47.9. The van der Waals surface area contributed by atoms with Crippen molar-refractivity contribution in [1.29, 1.82) is 0 Å². The van der Waals surface area contributed by atoms with Gasteiger partial charge in [-0.3, -0.25) is 18.9 Å². The van der Waals surface area contributed by atoms with Crippen molar-refractivity contribution in [2.75, 3.05) is 39.6 Å². The van der Waals surface area contributed by atoms with Gasteiger partial charge in [0.15, 0.2) is 44.0 Å². The maximum Gasteiger partial charge on any atom is 0.397 e. The van der Waals surface area contributed by atoms with E-state index in [1.165, 1.54) is 6.92 Å². The summed E-state index contributed by atoms with van der Waals surface area (Å²) in [5.41, 5.74) is 0. The molecule has 7 aliphatic heterocycles. The van der Waals surface area contributed by atoms with E-state index in [2.05, 4.69) is 20.1 Å². The van der Waals surface area contributed by atoms with E-state index in [1.807, 2.05) is 0 Å². The Bertz CT molecular complexity index is 2430. The van der Waals surface area contributed by atoms with Crippen molar-refractivity contribution >= 4 is 28.1 Å². The van der Waals surface area contributed by atoms with Gasteiger partial charge in [-0.15, -0.1) is 0 Å². The second-order valence-electron chi connectivity index (χ2n) is 22.3. The third-order valence-electron chi connectivity index (χ3n) is 15.9. The van der Waals surface area contributed by atoms with Crippen LogP contribution < -0.4 is 16.0 Å². The SMILES string of the molecule is CC(=O)N[C@@H]1[C@@H](O[C@@H]2O[C@H](CO)[C@H](O)[C@H](O[C@@H]3O[C@H](CO)[C@@H](O[C@@H]4O[C@H](CO)[C@H](O)[C@H](O)[C@H]4O[C@@H]4O[C@@H](C)[C@@H](O)[C@@H](O)[C@@H]4O)[C@H](O)[C@H]3NC(C)=O)[C@H]2O)[C@@H](O)[C@@H](CO[C@@H]2O[C@H](CO)[C@@H](O[C@@H]3O[C@H](COS(=O)(=O)O)[C@H](O)[C@H](O)[C@H]3O)[C@H](O)[C@H]2NC(C)=O)O[C@@H]1O. The molecule has 42 heteroatoms. The van der Waals surface area contributed by atoms with Gasteiger partial charge in [-0.2, -0.15) is 8.42 Å². The summed E-state index contributed by atoms with van der Waals surface area (Å²) in [5.74, 6) is -2.62. The fourth-order valence-corrected chi connectivity index (χ4v) is 11.5. The molecule has 0 aliphatic carbocycles. The van der Waals surface area contributed by atoms with Gasteiger partial charge in [0, 0.05) is 20.8 Å². The number of hydrogen-bond acceptors (Lipinski definition) is 37. The highest BCUT2D eigenvalue weighted by Gasteiger charge is 2.59. The summed E-state index contributed by atoms with van der Waals surface area (Å²) in [7, 11) is -5.13. The van der Waals surface area contributed by atoms with E-state index >= 15 is 0 Å². The van der Waals surface area contributed by atoms with E-state index in [1.54, 1.807) is 0 Å². The van der Waals surface area contributed by atoms with Gasteiger partial charge < -0.3 is 169 Å². The van der Waals surface area contributed by atoms with Crippen LogP contribution in [0.3, 0.4) is 0 Å². The van der Waals surface area contributed by atoms with Crippen LogP contribution >= 0.6 is 0 Å². The van der Waals surface area contributed by atoms with E-state index in [0.717, 1.165) is 20.8 Å². The molecule has 3 amide bonds. The fourth-order valence-electron chi connectivity index (χ4n) is 11.2. The number of carbonyl (C=O) groups excluding carboxylic acids is 3. The molecule has 35 atom stereocenters. The molecule has 0 unspecified atom stereocenters. The molecule has 0 aromatic carbocycles. The van der Waals surface area contributed by atoms with Gasteiger partial charge in [-0.25, -0.2) is 4.18 Å². The molecule has 0 radical (unpaired) electrons. The summed E-state index contributed by atoms with van der Waals surface area (Å²) in [4.78, 5) is 37.8. The summed E-state index contributed by atoms with van der Waals surface area (Å²) in [5, 5.41) is 204. The second kappa shape index (κ2) is 31.7. The minimum absolute atomic E-state index is 0.855. The summed E-state index contributed by atoms with van der Waals surface area (Å²) in [6, 6.07) is -5.39. The Labute approximate surface area is 510 Å². The first-order valence-corrected chi connectivity index (χ1v) is 29.5. The molecule has 0 saturated carbocycles. The Kier molecular flexibility index (Phi) is 26.2. The summed E-state index contributed by atoms with van der Waals surface area (Å²) in [6.07, 6.45) is -62.3. The summed E-state index contributed by atoms with van der Waals surface area (Å²) >= 11 is 0. The first-order valence-electron chi connectivity index (χ1n) is 28.1. The predicted octanol–water partition coefficient (Wildman–Crippen LogP) is -15.0. The number of hydrogen-bond donors (Lipinski definition) is 22. The number of aliphatic hydroxyl groups is 18. The first-order chi connectivity index (χ1) is 42.2. The highest BCUT2D eigenvalue weighted by atomic mass is 32.3. The lowest BCUT2D eigenvalue weighted by molar-refractivity contribution is -0.390. The number of rotatable bonds is 23. The maximum atomic E-state index is 12.8. The van der Waals surface area contributed by atoms with Gasteiger partial charge in [0.1, 0.15) is 165 Å². The van der Waals surface area contributed by atoms with Gasteiger partial charge in [-0.1, -0.05) is 0 Å². The number of aliphatic hydroxyl groups excluding tert-OH is 18. The molecule has 0 spiro atoms. The van der Waals surface area contributed by atoms with Crippen molar-refractivity contribution in [3.05, 3.63) is 0 Å². The zero-order valence-electron chi connectivity index (χ0n) is 48.1. The molecule has 7 aliphatic rings. The van der Waals surface area contributed by atoms with Crippen LogP contribution in [0.25, 0.3) is 0 Å². The lowest BCUT2D eigenvalue weighted by Crippen LogP contribution is -2.70. The standard InChI is InChI=1S/C48H81N3O38S/c1-11-24(59)31(66)34(69)45(78-11)89-41-33(68)25(60)15(5-52)81-48(41)86-38-18(8-55)83-44(22(30(38)65)50-13(3)57)88-40-27(62)16(6-53)80-47(36(40)71)87-39-23(51-14(4)58)42(72)79-19(28(39)63)9-76-43-21(49-12(2)56)29(64)37(17(7-54)82-43)85-46-35(70)32(67)26(61)20(84-46)10-77-90(73,74)75/h11,15-48,52-55,59-72H,5-10H2,1-4H3,(H,49,56)(H,50,57)(H,51,58)(H,73,74,75)/t11-,15+,16+,17+,18+,19+,20+,21+,22+,23+,24+,25-,26-,27-,28-,29+,30+,31+,32-,33-,34-,35+,36+,37+,38+,39+,40-,41+,42-,43+,44-,45-,46-,47-,48-/m0/s1. The molecule has 90 heavy (non-hydrogen) atoms. The third kappa shape index (κ3) is 17.0. The van der Waals surface area contributed by atoms with E-state index in [0.29, 0.717) is 0 Å². The van der Waals surface area contributed by atoms with Gasteiger partial charge in [0.05, 0.1) is 45.7 Å². The average Bonchev–Trinajstić information content (AvgIpc) is 0.808. The monoisotopic (exact) mass is 1340 g/mol. The largest absolute Gasteiger partial charge is 0.397 e. The molecule has 522 valence electrons. The number of ether oxygens (including phenoxy) is 13. The Balaban J connectivity index is 1.08. The smallest absolute Gasteiger partial charge is 0.394 e. The van der Waals surface area contributed by atoms with Crippen LogP contribution in [-0.2, 0) is 90.5 Å². The van der Waals surface area contributed by atoms with Gasteiger partial charge in [0.25, 0.3) is 0 Å². The number of nitrogens with one attached hydrogen (secondary N) is 3. The minimum Gasteiger partial charge on any atom is -0.394 e. The lowest BCUT2D eigenvalue weighted by Gasteiger charge is -2.50. The van der Waals surface area contributed by atoms with Crippen molar-refractivity contribution in [3.63, 3.8) is 0 Å². The van der Waals surface area contributed by atoms with E-state index in [9.17, 15) is 115 Å². The topological polar surface area (TPSA) is 635 Å². The van der Waals surface area contributed by atoms with Gasteiger partial charge in [-0.05, 0) is 6.92 Å². The number of carbonyl (C=O) groups is 3. The van der Waals surface area contributed by atoms with E-state index in [-0.39, 0.29) is 0 Å². The van der Waals surface area contributed by atoms with E-state index < -0.39 is 283 Å². The number of amides is 3. The van der Waals surface area contributed by atoms with Crippen LogP contribution in [0.4, 0.5) is 0 Å². The molecular weight excluding hydrogens is 1260 g/mol. The Hall–Kier alpha value is -2.96. The first kappa shape index (κ1) is 74.4. The van der Waals surface area contributed by atoms with Crippen molar-refractivity contribution in [1.82, 2.24) is 16.0 Å². The molecule has 7 heterocycles. The van der Waals surface area contributed by atoms with Crippen LogP contribution in [0.1, 0.15) is 27.7 Å². The molecule has 7 saturated heterocycles. The fraction of sp³-hybridized carbons (Fsp3) is 0.938. The van der Waals surface area contributed by atoms with Crippen LogP contribution in [0.2, 0.25) is 0 Å².